The van der Waals surface area contributed by atoms with E-state index in [4.69, 9.17) is 24.9 Å². The molecule has 0 aliphatic carbocycles. The molecule has 11 rings (SSSR count). The molecule has 6 nitrogen and oxygen atoms in total. The van der Waals surface area contributed by atoms with Gasteiger partial charge in [0.25, 0.3) is 0 Å². The second kappa shape index (κ2) is 14.4. The average Bonchev–Trinajstić information content (AvgIpc) is 3.65. The lowest BCUT2D eigenvalue weighted by Gasteiger charge is -2.13. The first kappa shape index (κ1) is 34.2. The van der Waals surface area contributed by atoms with Crippen molar-refractivity contribution in [3.63, 3.8) is 0 Å². The van der Waals surface area contributed by atoms with Gasteiger partial charge >= 0.3 is 0 Å². The number of hydrogen-bond acceptors (Lipinski definition) is 5. The summed E-state index contributed by atoms with van der Waals surface area (Å²) in [4.78, 5) is 24.8. The number of pyridine rings is 2. The van der Waals surface area contributed by atoms with Gasteiger partial charge in [-0.05, 0) is 88.5 Å². The van der Waals surface area contributed by atoms with Gasteiger partial charge in [0.1, 0.15) is 5.82 Å². The Morgan fingerprint density at radius 1 is 0.322 bits per heavy atom. The molecule has 276 valence electrons. The second-order valence-corrected chi connectivity index (χ2v) is 14.6. The highest BCUT2D eigenvalue weighted by Crippen LogP contribution is 2.40. The normalized spacial score (nSPS) is 11.4. The molecular weight excluding hydrogens is 721 g/mol. The van der Waals surface area contributed by atoms with Crippen LogP contribution in [0.1, 0.15) is 0 Å². The van der Waals surface area contributed by atoms with Crippen LogP contribution in [0.15, 0.2) is 207 Å². The molecule has 0 spiro atoms. The molecule has 59 heavy (non-hydrogen) atoms. The van der Waals surface area contributed by atoms with Crippen LogP contribution < -0.4 is 0 Å². The third-order valence-electron chi connectivity index (χ3n) is 10.9. The molecule has 0 aliphatic rings. The Morgan fingerprint density at radius 2 is 0.847 bits per heavy atom. The zero-order valence-electron chi connectivity index (χ0n) is 31.8. The van der Waals surface area contributed by atoms with E-state index < -0.39 is 0 Å². The Balaban J connectivity index is 1.14. The largest absolute Gasteiger partial charge is 0.294 e. The summed E-state index contributed by atoms with van der Waals surface area (Å²) in [5, 5.41) is 3.37. The SMILES string of the molecule is c1ccc(-c2cc(-c3ccc4c(c3)c3cc(-c5cccc6cccnc56)ccc3n4-c3ccccn3)cc(-c3nc(-c4ccccc4)nc(-c4ccccc4)n3)c2)cc1. The molecule has 0 radical (unpaired) electrons. The summed E-state index contributed by atoms with van der Waals surface area (Å²) in [6.45, 7) is 0. The molecule has 0 saturated heterocycles. The number of nitrogens with zero attached hydrogens (tertiary/aromatic N) is 6. The van der Waals surface area contributed by atoms with Gasteiger partial charge in [-0.1, -0.05) is 133 Å². The molecule has 0 atom stereocenters. The predicted molar refractivity (Wildman–Crippen MR) is 240 cm³/mol. The third-order valence-corrected chi connectivity index (χ3v) is 10.9. The van der Waals surface area contributed by atoms with Crippen molar-refractivity contribution in [2.45, 2.75) is 0 Å². The molecule has 0 aliphatic heterocycles. The van der Waals surface area contributed by atoms with Crippen molar-refractivity contribution >= 4 is 32.7 Å². The summed E-state index contributed by atoms with van der Waals surface area (Å²) in [5.74, 6) is 2.73. The van der Waals surface area contributed by atoms with Crippen molar-refractivity contribution in [2.75, 3.05) is 0 Å². The van der Waals surface area contributed by atoms with E-state index in [1.165, 1.54) is 0 Å². The number of para-hydroxylation sites is 1. The predicted octanol–water partition coefficient (Wildman–Crippen LogP) is 12.9. The molecule has 4 heterocycles. The standard InChI is InChI=1S/C53H34N6/c1-4-14-35(15-5-1)41-30-42(32-43(31-41)53-57-51(37-16-6-2-7-17-37)56-52(58-53)38-18-8-3-9-19-38)39-24-26-47-45(33-39)46-34-40(44-22-12-20-36-21-13-29-55-50(36)44)25-27-48(46)59(47)49-23-10-11-28-54-49/h1-34H. The lowest BCUT2D eigenvalue weighted by atomic mass is 9.94. The summed E-state index contributed by atoms with van der Waals surface area (Å²) in [6, 6.07) is 67.4. The fourth-order valence-electron chi connectivity index (χ4n) is 8.10. The van der Waals surface area contributed by atoms with Crippen LogP contribution in [0.4, 0.5) is 0 Å². The first-order chi connectivity index (χ1) is 29.2. The molecule has 0 saturated carbocycles. The summed E-state index contributed by atoms with van der Waals surface area (Å²) in [5.41, 5.74) is 12.4. The lowest BCUT2D eigenvalue weighted by molar-refractivity contribution is 1.07. The summed E-state index contributed by atoms with van der Waals surface area (Å²) in [6.07, 6.45) is 3.71. The van der Waals surface area contributed by atoms with E-state index in [0.717, 1.165) is 88.6 Å². The lowest BCUT2D eigenvalue weighted by Crippen LogP contribution is -2.00. The van der Waals surface area contributed by atoms with Crippen LogP contribution >= 0.6 is 0 Å². The van der Waals surface area contributed by atoms with Gasteiger partial charge in [-0.2, -0.15) is 0 Å². The summed E-state index contributed by atoms with van der Waals surface area (Å²) >= 11 is 0. The van der Waals surface area contributed by atoms with Crippen molar-refractivity contribution in [3.8, 4) is 73.4 Å². The number of aromatic nitrogens is 6. The minimum absolute atomic E-state index is 0.609. The molecule has 0 amide bonds. The Kier molecular flexibility index (Phi) is 8.37. The quantitative estimate of drug-likeness (QED) is 0.162. The van der Waals surface area contributed by atoms with E-state index in [9.17, 15) is 0 Å². The van der Waals surface area contributed by atoms with Crippen LogP contribution in [0, 0.1) is 0 Å². The number of hydrogen-bond donors (Lipinski definition) is 0. The Bertz CT molecular complexity index is 3250. The minimum atomic E-state index is 0.609. The van der Waals surface area contributed by atoms with Crippen LogP contribution in [-0.4, -0.2) is 29.5 Å². The van der Waals surface area contributed by atoms with Gasteiger partial charge in [0.15, 0.2) is 17.5 Å². The van der Waals surface area contributed by atoms with Crippen LogP contribution in [0.5, 0.6) is 0 Å². The summed E-state index contributed by atoms with van der Waals surface area (Å²) in [7, 11) is 0. The maximum absolute atomic E-state index is 5.12. The fraction of sp³-hybridized carbons (Fsp3) is 0. The van der Waals surface area contributed by atoms with Gasteiger partial charge in [-0.3, -0.25) is 9.55 Å². The highest BCUT2D eigenvalue weighted by Gasteiger charge is 2.18. The van der Waals surface area contributed by atoms with Gasteiger partial charge < -0.3 is 0 Å². The van der Waals surface area contributed by atoms with Crippen LogP contribution in [-0.2, 0) is 0 Å². The monoisotopic (exact) mass is 754 g/mol. The molecule has 6 heteroatoms. The van der Waals surface area contributed by atoms with Crippen LogP contribution in [0.2, 0.25) is 0 Å². The van der Waals surface area contributed by atoms with E-state index in [1.54, 1.807) is 0 Å². The first-order valence-corrected chi connectivity index (χ1v) is 19.7. The van der Waals surface area contributed by atoms with Gasteiger partial charge in [0.2, 0.25) is 0 Å². The van der Waals surface area contributed by atoms with Gasteiger partial charge in [-0.15, -0.1) is 0 Å². The maximum Gasteiger partial charge on any atom is 0.164 e. The van der Waals surface area contributed by atoms with Crippen molar-refractivity contribution in [2.24, 2.45) is 0 Å². The molecule has 0 N–H and O–H groups in total. The second-order valence-electron chi connectivity index (χ2n) is 14.6. The molecular formula is C53H34N6. The molecule has 0 bridgehead atoms. The number of rotatable bonds is 7. The number of fused-ring (bicyclic) bond motifs is 4. The number of benzene rings is 7. The van der Waals surface area contributed by atoms with Crippen molar-refractivity contribution in [1.82, 2.24) is 29.5 Å². The van der Waals surface area contributed by atoms with Gasteiger partial charge in [0, 0.05) is 50.8 Å². The van der Waals surface area contributed by atoms with Crippen molar-refractivity contribution in [1.29, 1.82) is 0 Å². The molecule has 0 unspecified atom stereocenters. The summed E-state index contributed by atoms with van der Waals surface area (Å²) < 4.78 is 2.26. The topological polar surface area (TPSA) is 69.4 Å². The van der Waals surface area contributed by atoms with E-state index >= 15 is 0 Å². The minimum Gasteiger partial charge on any atom is -0.294 e. The smallest absolute Gasteiger partial charge is 0.164 e. The first-order valence-electron chi connectivity index (χ1n) is 19.7. The van der Waals surface area contributed by atoms with Gasteiger partial charge in [-0.25, -0.2) is 19.9 Å². The van der Waals surface area contributed by atoms with Crippen LogP contribution in [0.25, 0.3) is 106 Å². The average molecular weight is 755 g/mol. The highest BCUT2D eigenvalue weighted by atomic mass is 15.1. The Morgan fingerprint density at radius 3 is 1.49 bits per heavy atom. The van der Waals surface area contributed by atoms with E-state index in [0.29, 0.717) is 17.5 Å². The molecule has 0 fully saturated rings. The zero-order valence-corrected chi connectivity index (χ0v) is 31.8. The van der Waals surface area contributed by atoms with Gasteiger partial charge in [0.05, 0.1) is 16.6 Å². The van der Waals surface area contributed by atoms with Crippen molar-refractivity contribution in [3.05, 3.63) is 207 Å². The van der Waals surface area contributed by atoms with E-state index in [1.807, 2.05) is 97.3 Å². The van der Waals surface area contributed by atoms with Crippen LogP contribution in [0.3, 0.4) is 0 Å². The Hall–Kier alpha value is -8.09. The molecule has 11 aromatic rings. The highest BCUT2D eigenvalue weighted by molar-refractivity contribution is 6.12. The third kappa shape index (κ3) is 6.29. The van der Waals surface area contributed by atoms with E-state index in [-0.39, 0.29) is 0 Å². The zero-order chi connectivity index (χ0) is 39.1. The fourth-order valence-corrected chi connectivity index (χ4v) is 8.10. The molecule has 7 aromatic carbocycles. The van der Waals surface area contributed by atoms with Crippen molar-refractivity contribution < 1.29 is 0 Å². The van der Waals surface area contributed by atoms with E-state index in [2.05, 4.69) is 114 Å². The Labute approximate surface area is 340 Å². The molecule has 4 aromatic heterocycles. The maximum atomic E-state index is 5.12.